The molecule has 2 aromatic carbocycles. The molecule has 0 unspecified atom stereocenters. The summed E-state index contributed by atoms with van der Waals surface area (Å²) in [7, 11) is 0. The highest BCUT2D eigenvalue weighted by atomic mass is 16.2. The molecule has 1 aliphatic carbocycles. The molecule has 4 aromatic rings. The molecule has 9 nitrogen and oxygen atoms in total. The van der Waals surface area contributed by atoms with Gasteiger partial charge in [0, 0.05) is 53.2 Å². The Morgan fingerprint density at radius 1 is 0.900 bits per heavy atom. The maximum absolute atomic E-state index is 13.0. The number of allylic oxidation sites excluding steroid dienone is 1. The number of Topliss-reactive ketones (excluding diaryl/α,β-unsaturated/α-hetero) is 1. The van der Waals surface area contributed by atoms with E-state index in [9.17, 15) is 14.4 Å². The average Bonchev–Trinajstić information content (AvgIpc) is 3.23. The zero-order valence-electron chi connectivity index (χ0n) is 22.4. The SMILES string of the molecule is Cc1cc(NC(=O)c2cccc(NC(=O)C3=CC(C)(C)CC3=O)c2)ccc1Nc1nccc(-c2cccnc2)n1. The Labute approximate surface area is 231 Å². The molecule has 0 atom stereocenters. The Hall–Kier alpha value is -5.18. The van der Waals surface area contributed by atoms with Gasteiger partial charge in [0.15, 0.2) is 5.78 Å². The first kappa shape index (κ1) is 26.4. The van der Waals surface area contributed by atoms with Crippen molar-refractivity contribution in [3.05, 3.63) is 102 Å². The van der Waals surface area contributed by atoms with Crippen LogP contribution in [-0.4, -0.2) is 32.5 Å². The van der Waals surface area contributed by atoms with Gasteiger partial charge in [-0.1, -0.05) is 26.0 Å². The highest BCUT2D eigenvalue weighted by Gasteiger charge is 2.33. The summed E-state index contributed by atoms with van der Waals surface area (Å²) >= 11 is 0. The Morgan fingerprint density at radius 3 is 2.42 bits per heavy atom. The van der Waals surface area contributed by atoms with Crippen molar-refractivity contribution in [2.24, 2.45) is 5.41 Å². The van der Waals surface area contributed by atoms with E-state index >= 15 is 0 Å². The molecule has 0 spiro atoms. The van der Waals surface area contributed by atoms with Crippen LogP contribution in [0, 0.1) is 12.3 Å². The second-order valence-corrected chi connectivity index (χ2v) is 10.3. The van der Waals surface area contributed by atoms with Crippen LogP contribution in [0.2, 0.25) is 0 Å². The van der Waals surface area contributed by atoms with E-state index in [4.69, 9.17) is 0 Å². The van der Waals surface area contributed by atoms with Crippen LogP contribution >= 0.6 is 0 Å². The number of nitrogens with zero attached hydrogens (tertiary/aromatic N) is 3. The number of carbonyl (C=O) groups excluding carboxylic acids is 3. The minimum Gasteiger partial charge on any atom is -0.324 e. The number of benzene rings is 2. The van der Waals surface area contributed by atoms with Crippen molar-refractivity contribution < 1.29 is 14.4 Å². The largest absolute Gasteiger partial charge is 0.324 e. The topological polar surface area (TPSA) is 126 Å². The molecule has 2 heterocycles. The van der Waals surface area contributed by atoms with E-state index < -0.39 is 5.91 Å². The summed E-state index contributed by atoms with van der Waals surface area (Å²) in [5.41, 5.74) is 4.53. The molecule has 5 rings (SSSR count). The van der Waals surface area contributed by atoms with Gasteiger partial charge in [-0.3, -0.25) is 19.4 Å². The second kappa shape index (κ2) is 10.9. The van der Waals surface area contributed by atoms with Gasteiger partial charge in [-0.2, -0.15) is 0 Å². The summed E-state index contributed by atoms with van der Waals surface area (Å²) in [6, 6.07) is 17.7. The maximum atomic E-state index is 13.0. The van der Waals surface area contributed by atoms with Crippen LogP contribution in [0.15, 0.2) is 90.9 Å². The monoisotopic (exact) mass is 532 g/mol. The van der Waals surface area contributed by atoms with Crippen molar-refractivity contribution in [2.45, 2.75) is 27.2 Å². The van der Waals surface area contributed by atoms with Crippen LogP contribution in [0.25, 0.3) is 11.3 Å². The summed E-state index contributed by atoms with van der Waals surface area (Å²) in [5.74, 6) is -0.543. The van der Waals surface area contributed by atoms with E-state index in [0.717, 1.165) is 22.5 Å². The van der Waals surface area contributed by atoms with Gasteiger partial charge < -0.3 is 16.0 Å². The van der Waals surface area contributed by atoms with Gasteiger partial charge in [0.2, 0.25) is 5.95 Å². The molecule has 0 radical (unpaired) electrons. The molecule has 0 bridgehead atoms. The van der Waals surface area contributed by atoms with Crippen molar-refractivity contribution in [3.8, 4) is 11.3 Å². The number of rotatable bonds is 7. The van der Waals surface area contributed by atoms with Gasteiger partial charge in [-0.25, -0.2) is 9.97 Å². The molecule has 9 heteroatoms. The lowest BCUT2D eigenvalue weighted by Crippen LogP contribution is -2.18. The van der Waals surface area contributed by atoms with Gasteiger partial charge in [-0.15, -0.1) is 0 Å². The van der Waals surface area contributed by atoms with E-state index in [1.165, 1.54) is 0 Å². The molecule has 40 heavy (non-hydrogen) atoms. The number of nitrogens with one attached hydrogen (secondary N) is 3. The molecule has 1 aliphatic rings. The van der Waals surface area contributed by atoms with Crippen molar-refractivity contribution >= 4 is 40.6 Å². The number of hydrogen-bond donors (Lipinski definition) is 3. The van der Waals surface area contributed by atoms with Crippen molar-refractivity contribution in [1.82, 2.24) is 15.0 Å². The summed E-state index contributed by atoms with van der Waals surface area (Å²) in [6.07, 6.45) is 7.14. The predicted octanol–water partition coefficient (Wildman–Crippen LogP) is 5.71. The first-order chi connectivity index (χ1) is 19.2. The Bertz CT molecular complexity index is 1650. The van der Waals surface area contributed by atoms with Crippen LogP contribution in [-0.2, 0) is 9.59 Å². The number of hydrogen-bond acceptors (Lipinski definition) is 7. The number of anilines is 4. The lowest BCUT2D eigenvalue weighted by Gasteiger charge is -2.12. The van der Waals surface area contributed by atoms with Crippen molar-refractivity contribution in [1.29, 1.82) is 0 Å². The number of aryl methyl sites for hydroxylation is 1. The van der Waals surface area contributed by atoms with E-state index in [2.05, 4.69) is 30.9 Å². The first-order valence-corrected chi connectivity index (χ1v) is 12.8. The summed E-state index contributed by atoms with van der Waals surface area (Å²) < 4.78 is 0. The quantitative estimate of drug-likeness (QED) is 0.260. The van der Waals surface area contributed by atoms with E-state index in [1.807, 2.05) is 51.1 Å². The van der Waals surface area contributed by atoms with Crippen molar-refractivity contribution in [2.75, 3.05) is 16.0 Å². The predicted molar refractivity (Wildman–Crippen MR) is 154 cm³/mol. The molecule has 200 valence electrons. The summed E-state index contributed by atoms with van der Waals surface area (Å²) in [4.78, 5) is 50.9. The standard InChI is InChI=1S/C31H28N6O3/c1-19-14-23(9-10-25(19)36-30-33-13-11-26(37-30)21-7-5-12-32-18-21)34-28(39)20-6-4-8-22(15-20)35-29(40)24-16-31(2,3)17-27(24)38/h4-16,18H,17H2,1-3H3,(H,34,39)(H,35,40)(H,33,36,37). The number of amides is 2. The molecule has 2 amide bonds. The zero-order valence-corrected chi connectivity index (χ0v) is 22.4. The van der Waals surface area contributed by atoms with Gasteiger partial charge in [0.05, 0.1) is 11.3 Å². The molecule has 2 aromatic heterocycles. The number of aromatic nitrogens is 3. The van der Waals surface area contributed by atoms with Gasteiger partial charge in [0.1, 0.15) is 0 Å². The Balaban J connectivity index is 1.25. The Morgan fingerprint density at radius 2 is 1.70 bits per heavy atom. The van der Waals surface area contributed by atoms with E-state index in [0.29, 0.717) is 29.3 Å². The number of carbonyl (C=O) groups is 3. The highest BCUT2D eigenvalue weighted by molar-refractivity contribution is 6.25. The molecule has 0 aliphatic heterocycles. The van der Waals surface area contributed by atoms with Crippen LogP contribution < -0.4 is 16.0 Å². The molecular formula is C31H28N6O3. The fourth-order valence-corrected chi connectivity index (χ4v) is 4.46. The van der Waals surface area contributed by atoms with Crippen LogP contribution in [0.3, 0.4) is 0 Å². The van der Waals surface area contributed by atoms with Gasteiger partial charge in [-0.05, 0) is 72.5 Å². The third kappa shape index (κ3) is 6.10. The minimum absolute atomic E-state index is 0.151. The second-order valence-electron chi connectivity index (χ2n) is 10.3. The van der Waals surface area contributed by atoms with E-state index in [-0.39, 0.29) is 22.7 Å². The van der Waals surface area contributed by atoms with Crippen LogP contribution in [0.4, 0.5) is 23.0 Å². The number of ketones is 1. The highest BCUT2D eigenvalue weighted by Crippen LogP contribution is 2.33. The molecule has 0 saturated heterocycles. The normalized spacial score (nSPS) is 13.9. The van der Waals surface area contributed by atoms with E-state index in [1.54, 1.807) is 55.0 Å². The molecule has 0 fully saturated rings. The molecule has 3 N–H and O–H groups in total. The summed E-state index contributed by atoms with van der Waals surface area (Å²) in [6.45, 7) is 5.74. The van der Waals surface area contributed by atoms with Crippen LogP contribution in [0.1, 0.15) is 36.2 Å². The fourth-order valence-electron chi connectivity index (χ4n) is 4.46. The smallest absolute Gasteiger partial charge is 0.258 e. The third-order valence-corrected chi connectivity index (χ3v) is 6.42. The van der Waals surface area contributed by atoms with Gasteiger partial charge >= 0.3 is 0 Å². The zero-order chi connectivity index (χ0) is 28.3. The third-order valence-electron chi connectivity index (χ3n) is 6.42. The van der Waals surface area contributed by atoms with Crippen molar-refractivity contribution in [3.63, 3.8) is 0 Å². The number of pyridine rings is 1. The first-order valence-electron chi connectivity index (χ1n) is 12.8. The van der Waals surface area contributed by atoms with Gasteiger partial charge in [0.25, 0.3) is 11.8 Å². The van der Waals surface area contributed by atoms with Crippen LogP contribution in [0.5, 0.6) is 0 Å². The maximum Gasteiger partial charge on any atom is 0.258 e. The average molecular weight is 533 g/mol. The lowest BCUT2D eigenvalue weighted by atomic mass is 9.93. The molecule has 0 saturated carbocycles. The summed E-state index contributed by atoms with van der Waals surface area (Å²) in [5, 5.41) is 8.85. The fraction of sp³-hybridized carbons (Fsp3) is 0.161. The Kier molecular flexibility index (Phi) is 7.20. The molecular weight excluding hydrogens is 504 g/mol. The lowest BCUT2D eigenvalue weighted by molar-refractivity contribution is -0.119. The minimum atomic E-state index is -0.471.